The molecule has 0 aromatic heterocycles. The van der Waals surface area contributed by atoms with Gasteiger partial charge in [0, 0.05) is 4.47 Å². The van der Waals surface area contributed by atoms with Crippen LogP contribution in [0.15, 0.2) is 22.7 Å². The Bertz CT molecular complexity index is 405. The van der Waals surface area contributed by atoms with Crippen molar-refractivity contribution in [2.75, 3.05) is 13.1 Å². The molecule has 0 bridgehead atoms. The van der Waals surface area contributed by atoms with E-state index in [0.29, 0.717) is 5.92 Å². The summed E-state index contributed by atoms with van der Waals surface area (Å²) in [4.78, 5) is 0. The highest BCUT2D eigenvalue weighted by atomic mass is 79.9. The standard InChI is InChI=1S/C15H21BrClN/c1-10(2)7-12-9-18-6-5-13(12)11-3-4-14(16)15(17)8-11/h3-4,8,10,12-13,18H,5-7,9H2,1-2H3. The van der Waals surface area contributed by atoms with Gasteiger partial charge in [-0.3, -0.25) is 0 Å². The molecular weight excluding hydrogens is 310 g/mol. The van der Waals surface area contributed by atoms with E-state index < -0.39 is 0 Å². The van der Waals surface area contributed by atoms with Gasteiger partial charge >= 0.3 is 0 Å². The van der Waals surface area contributed by atoms with Crippen LogP contribution >= 0.6 is 27.5 Å². The topological polar surface area (TPSA) is 12.0 Å². The highest BCUT2D eigenvalue weighted by Crippen LogP contribution is 2.36. The van der Waals surface area contributed by atoms with Gasteiger partial charge in [-0.2, -0.15) is 0 Å². The fourth-order valence-corrected chi connectivity index (χ4v) is 3.39. The molecule has 1 aliphatic rings. The first kappa shape index (κ1) is 14.4. The minimum absolute atomic E-state index is 0.652. The minimum Gasteiger partial charge on any atom is -0.316 e. The van der Waals surface area contributed by atoms with Crippen molar-refractivity contribution in [1.29, 1.82) is 0 Å². The van der Waals surface area contributed by atoms with Gasteiger partial charge in [0.05, 0.1) is 5.02 Å². The number of benzene rings is 1. The van der Waals surface area contributed by atoms with Crippen molar-refractivity contribution in [3.63, 3.8) is 0 Å². The molecule has 1 N–H and O–H groups in total. The second kappa shape index (κ2) is 6.40. The molecule has 1 nitrogen and oxygen atoms in total. The molecule has 1 saturated heterocycles. The van der Waals surface area contributed by atoms with Crippen LogP contribution in [0.2, 0.25) is 5.02 Å². The fraction of sp³-hybridized carbons (Fsp3) is 0.600. The molecule has 1 aromatic carbocycles. The minimum atomic E-state index is 0.652. The van der Waals surface area contributed by atoms with Crippen LogP contribution in [-0.2, 0) is 0 Å². The van der Waals surface area contributed by atoms with Crippen molar-refractivity contribution < 1.29 is 0 Å². The third kappa shape index (κ3) is 3.49. The van der Waals surface area contributed by atoms with Crippen LogP contribution in [0.5, 0.6) is 0 Å². The molecule has 18 heavy (non-hydrogen) atoms. The first-order valence-corrected chi connectivity index (χ1v) is 7.90. The van der Waals surface area contributed by atoms with Gasteiger partial charge in [-0.15, -0.1) is 0 Å². The SMILES string of the molecule is CC(C)CC1CNCCC1c1ccc(Br)c(Cl)c1. The molecule has 2 rings (SSSR count). The van der Waals surface area contributed by atoms with Gasteiger partial charge in [0.1, 0.15) is 0 Å². The first-order valence-electron chi connectivity index (χ1n) is 6.73. The predicted octanol–water partition coefficient (Wildman–Crippen LogP) is 4.84. The summed E-state index contributed by atoms with van der Waals surface area (Å²) in [5.74, 6) is 2.14. The number of rotatable bonds is 3. The van der Waals surface area contributed by atoms with Crippen LogP contribution < -0.4 is 5.32 Å². The lowest BCUT2D eigenvalue weighted by molar-refractivity contribution is 0.280. The normalized spacial score (nSPS) is 24.5. The van der Waals surface area contributed by atoms with Crippen LogP contribution in [0.25, 0.3) is 0 Å². The lowest BCUT2D eigenvalue weighted by Gasteiger charge is -2.34. The molecule has 3 heteroatoms. The molecule has 100 valence electrons. The van der Waals surface area contributed by atoms with Crippen molar-refractivity contribution in [1.82, 2.24) is 5.32 Å². The summed E-state index contributed by atoms with van der Waals surface area (Å²) < 4.78 is 0.988. The van der Waals surface area contributed by atoms with Gasteiger partial charge in [0.15, 0.2) is 0 Å². The molecule has 0 amide bonds. The number of nitrogens with one attached hydrogen (secondary N) is 1. The zero-order valence-electron chi connectivity index (χ0n) is 11.0. The van der Waals surface area contributed by atoms with Crippen molar-refractivity contribution in [3.05, 3.63) is 33.3 Å². The van der Waals surface area contributed by atoms with Gasteiger partial charge in [0.25, 0.3) is 0 Å². The monoisotopic (exact) mass is 329 g/mol. The second-order valence-electron chi connectivity index (χ2n) is 5.66. The Morgan fingerprint density at radius 2 is 2.22 bits per heavy atom. The van der Waals surface area contributed by atoms with Crippen LogP contribution in [0.3, 0.4) is 0 Å². The van der Waals surface area contributed by atoms with Gasteiger partial charge in [-0.25, -0.2) is 0 Å². The van der Waals surface area contributed by atoms with E-state index in [2.05, 4.69) is 53.3 Å². The lowest BCUT2D eigenvalue weighted by Crippen LogP contribution is -2.36. The summed E-state index contributed by atoms with van der Waals surface area (Å²) in [5.41, 5.74) is 1.40. The summed E-state index contributed by atoms with van der Waals surface area (Å²) in [6.07, 6.45) is 2.50. The third-order valence-corrected chi connectivity index (χ3v) is 4.99. The van der Waals surface area contributed by atoms with E-state index >= 15 is 0 Å². The van der Waals surface area contributed by atoms with Crippen LogP contribution in [0.4, 0.5) is 0 Å². The lowest BCUT2D eigenvalue weighted by atomic mass is 9.77. The molecule has 1 aliphatic heterocycles. The van der Waals surface area contributed by atoms with Crippen molar-refractivity contribution >= 4 is 27.5 Å². The van der Waals surface area contributed by atoms with Crippen molar-refractivity contribution in [2.24, 2.45) is 11.8 Å². The second-order valence-corrected chi connectivity index (χ2v) is 6.92. The van der Waals surface area contributed by atoms with Gasteiger partial charge in [-0.1, -0.05) is 31.5 Å². The Morgan fingerprint density at radius 1 is 1.44 bits per heavy atom. The van der Waals surface area contributed by atoms with Crippen molar-refractivity contribution in [3.8, 4) is 0 Å². The van der Waals surface area contributed by atoms with E-state index in [-0.39, 0.29) is 0 Å². The Labute approximate surface area is 123 Å². The van der Waals surface area contributed by atoms with E-state index in [4.69, 9.17) is 11.6 Å². The Hall–Kier alpha value is -0.0500. The molecule has 0 aliphatic carbocycles. The van der Waals surface area contributed by atoms with E-state index in [1.807, 2.05) is 0 Å². The van der Waals surface area contributed by atoms with E-state index in [9.17, 15) is 0 Å². The molecule has 0 saturated carbocycles. The summed E-state index contributed by atoms with van der Waals surface area (Å²) >= 11 is 9.69. The first-order chi connectivity index (χ1) is 8.58. The highest BCUT2D eigenvalue weighted by molar-refractivity contribution is 9.10. The summed E-state index contributed by atoms with van der Waals surface area (Å²) in [5, 5.41) is 4.35. The fourth-order valence-electron chi connectivity index (χ4n) is 2.96. The summed E-state index contributed by atoms with van der Waals surface area (Å²) in [6, 6.07) is 6.43. The van der Waals surface area contributed by atoms with Crippen LogP contribution in [0.1, 0.15) is 38.2 Å². The van der Waals surface area contributed by atoms with Gasteiger partial charge < -0.3 is 5.32 Å². The maximum atomic E-state index is 6.22. The van der Waals surface area contributed by atoms with E-state index in [1.165, 1.54) is 18.4 Å². The zero-order valence-corrected chi connectivity index (χ0v) is 13.4. The molecule has 2 unspecified atom stereocenters. The highest BCUT2D eigenvalue weighted by Gasteiger charge is 2.27. The summed E-state index contributed by atoms with van der Waals surface area (Å²) in [6.45, 7) is 6.87. The third-order valence-electron chi connectivity index (χ3n) is 3.75. The molecule has 0 radical (unpaired) electrons. The predicted molar refractivity (Wildman–Crippen MR) is 82.3 cm³/mol. The molecule has 1 heterocycles. The Balaban J connectivity index is 2.19. The van der Waals surface area contributed by atoms with Gasteiger partial charge in [0.2, 0.25) is 0 Å². The Morgan fingerprint density at radius 3 is 2.89 bits per heavy atom. The number of hydrogen-bond acceptors (Lipinski definition) is 1. The number of halogens is 2. The van der Waals surface area contributed by atoms with E-state index in [0.717, 1.165) is 34.4 Å². The van der Waals surface area contributed by atoms with E-state index in [1.54, 1.807) is 0 Å². The molecule has 0 spiro atoms. The molecule has 1 aromatic rings. The largest absolute Gasteiger partial charge is 0.316 e. The average Bonchev–Trinajstić information content (AvgIpc) is 2.33. The molecular formula is C15H21BrClN. The number of hydrogen-bond donors (Lipinski definition) is 1. The Kier molecular flexibility index (Phi) is 5.11. The summed E-state index contributed by atoms with van der Waals surface area (Å²) in [7, 11) is 0. The smallest absolute Gasteiger partial charge is 0.0550 e. The maximum Gasteiger partial charge on any atom is 0.0550 e. The molecule has 2 atom stereocenters. The maximum absolute atomic E-state index is 6.22. The van der Waals surface area contributed by atoms with Crippen LogP contribution in [0, 0.1) is 11.8 Å². The van der Waals surface area contributed by atoms with Crippen LogP contribution in [-0.4, -0.2) is 13.1 Å². The van der Waals surface area contributed by atoms with Crippen molar-refractivity contribution in [2.45, 2.75) is 32.6 Å². The average molecular weight is 331 g/mol. The number of piperidine rings is 1. The zero-order chi connectivity index (χ0) is 13.1. The molecule has 1 fully saturated rings. The van der Waals surface area contributed by atoms with Gasteiger partial charge in [-0.05, 0) is 77.3 Å². The quantitative estimate of drug-likeness (QED) is 0.836.